The van der Waals surface area contributed by atoms with Gasteiger partial charge in [-0.05, 0) is 19.1 Å². The number of anilines is 1. The zero-order chi connectivity index (χ0) is 20.3. The van der Waals surface area contributed by atoms with Crippen molar-refractivity contribution < 1.29 is 18.0 Å². The van der Waals surface area contributed by atoms with Crippen molar-refractivity contribution in [3.63, 3.8) is 0 Å². The minimum Gasteiger partial charge on any atom is -0.328 e. The lowest BCUT2D eigenvalue weighted by Gasteiger charge is -2.15. The molecule has 1 atom stereocenters. The van der Waals surface area contributed by atoms with Gasteiger partial charge >= 0.3 is 12.2 Å². The standard InChI is InChI=1S/C15H12ClF3N8O/c1-8(12-23-7-24-27(12)13-20-3-2-4-21-13)25-14(28)26-11-10(16)5-9(6-22-11)15(17,18)19/h2-8H,1H3,(H2,22,25,26,28). The molecule has 0 fully saturated rings. The first kappa shape index (κ1) is 19.5. The Bertz CT molecular complexity index is 979. The van der Waals surface area contributed by atoms with Gasteiger partial charge in [-0.3, -0.25) is 5.32 Å². The zero-order valence-electron chi connectivity index (χ0n) is 14.1. The van der Waals surface area contributed by atoms with Gasteiger partial charge in [0, 0.05) is 18.6 Å². The third kappa shape index (κ3) is 4.34. The first-order valence-corrected chi connectivity index (χ1v) is 8.11. The Morgan fingerprint density at radius 2 is 1.93 bits per heavy atom. The van der Waals surface area contributed by atoms with Crippen LogP contribution in [0.25, 0.3) is 5.95 Å². The highest BCUT2D eigenvalue weighted by atomic mass is 35.5. The largest absolute Gasteiger partial charge is 0.417 e. The van der Waals surface area contributed by atoms with Crippen LogP contribution >= 0.6 is 11.6 Å². The molecule has 0 bridgehead atoms. The number of rotatable bonds is 4. The number of aromatic nitrogens is 6. The Morgan fingerprint density at radius 1 is 1.21 bits per heavy atom. The predicted molar refractivity (Wildman–Crippen MR) is 91.8 cm³/mol. The van der Waals surface area contributed by atoms with Crippen LogP contribution in [0.1, 0.15) is 24.4 Å². The van der Waals surface area contributed by atoms with Crippen LogP contribution in [-0.2, 0) is 6.18 Å². The van der Waals surface area contributed by atoms with Crippen LogP contribution in [0.15, 0.2) is 37.1 Å². The minimum absolute atomic E-state index is 0.216. The number of carbonyl (C=O) groups is 1. The number of nitrogens with one attached hydrogen (secondary N) is 2. The molecular weight excluding hydrogens is 401 g/mol. The van der Waals surface area contributed by atoms with Gasteiger partial charge < -0.3 is 5.32 Å². The lowest BCUT2D eigenvalue weighted by molar-refractivity contribution is -0.137. The first-order chi connectivity index (χ1) is 13.3. The van der Waals surface area contributed by atoms with Gasteiger partial charge in [0.25, 0.3) is 5.95 Å². The van der Waals surface area contributed by atoms with Gasteiger partial charge in [-0.1, -0.05) is 11.6 Å². The molecule has 1 unspecified atom stereocenters. The van der Waals surface area contributed by atoms with E-state index >= 15 is 0 Å². The van der Waals surface area contributed by atoms with Crippen molar-refractivity contribution in [2.24, 2.45) is 0 Å². The molecule has 13 heteroatoms. The van der Waals surface area contributed by atoms with Gasteiger partial charge in [0.2, 0.25) is 0 Å². The van der Waals surface area contributed by atoms with E-state index in [9.17, 15) is 18.0 Å². The molecule has 0 aliphatic rings. The van der Waals surface area contributed by atoms with Crippen LogP contribution in [0, 0.1) is 0 Å². The quantitative estimate of drug-likeness (QED) is 0.681. The Morgan fingerprint density at radius 3 is 2.57 bits per heavy atom. The minimum atomic E-state index is -4.59. The van der Waals surface area contributed by atoms with E-state index in [4.69, 9.17) is 11.6 Å². The molecule has 2 N–H and O–H groups in total. The van der Waals surface area contributed by atoms with Crippen molar-refractivity contribution >= 4 is 23.4 Å². The number of urea groups is 1. The molecule has 0 radical (unpaired) electrons. The molecule has 0 aromatic carbocycles. The van der Waals surface area contributed by atoms with E-state index in [1.165, 1.54) is 23.4 Å². The van der Waals surface area contributed by atoms with Crippen LogP contribution in [0.3, 0.4) is 0 Å². The van der Waals surface area contributed by atoms with Crippen molar-refractivity contribution in [3.8, 4) is 5.95 Å². The fraction of sp³-hybridized carbons (Fsp3) is 0.200. The third-order valence-corrected chi connectivity index (χ3v) is 3.74. The van der Waals surface area contributed by atoms with Crippen LogP contribution < -0.4 is 10.6 Å². The SMILES string of the molecule is CC(NC(=O)Nc1ncc(C(F)(F)F)cc1Cl)c1ncnn1-c1ncccn1. The van der Waals surface area contributed by atoms with Crippen LogP contribution in [-0.4, -0.2) is 35.7 Å². The van der Waals surface area contributed by atoms with Crippen LogP contribution in [0.5, 0.6) is 0 Å². The molecule has 0 saturated heterocycles. The Hall–Kier alpha value is -3.28. The normalized spacial score (nSPS) is 12.5. The maximum absolute atomic E-state index is 12.6. The molecule has 2 amide bonds. The van der Waals surface area contributed by atoms with E-state index in [0.29, 0.717) is 18.1 Å². The Balaban J connectivity index is 1.70. The second-order valence-electron chi connectivity index (χ2n) is 5.45. The van der Waals surface area contributed by atoms with Crippen molar-refractivity contribution in [1.82, 2.24) is 35.0 Å². The monoisotopic (exact) mass is 412 g/mol. The molecular formula is C15H12ClF3N8O. The number of alkyl halides is 3. The molecule has 3 rings (SSSR count). The summed E-state index contributed by atoms with van der Waals surface area (Å²) in [7, 11) is 0. The van der Waals surface area contributed by atoms with Crippen molar-refractivity contribution in [1.29, 1.82) is 0 Å². The van der Waals surface area contributed by atoms with Gasteiger partial charge in [-0.2, -0.15) is 23.0 Å². The topological polar surface area (TPSA) is 111 Å². The maximum Gasteiger partial charge on any atom is 0.417 e. The summed E-state index contributed by atoms with van der Waals surface area (Å²) in [6.45, 7) is 1.63. The van der Waals surface area contributed by atoms with E-state index in [0.717, 1.165) is 0 Å². The average Bonchev–Trinajstić information content (AvgIpc) is 3.13. The summed E-state index contributed by atoms with van der Waals surface area (Å²) in [5.41, 5.74) is -1.02. The number of amides is 2. The highest BCUT2D eigenvalue weighted by Crippen LogP contribution is 2.32. The number of nitrogens with zero attached hydrogens (tertiary/aromatic N) is 6. The molecule has 0 aliphatic carbocycles. The molecule has 0 spiro atoms. The summed E-state index contributed by atoms with van der Waals surface area (Å²) < 4.78 is 39.3. The molecule has 3 aromatic rings. The number of hydrogen-bond donors (Lipinski definition) is 2. The second kappa shape index (κ2) is 7.76. The van der Waals surface area contributed by atoms with Crippen molar-refractivity contribution in [2.75, 3.05) is 5.32 Å². The number of hydrogen-bond acceptors (Lipinski definition) is 6. The third-order valence-electron chi connectivity index (χ3n) is 3.45. The summed E-state index contributed by atoms with van der Waals surface area (Å²) in [6, 6.07) is 0.928. The molecule has 28 heavy (non-hydrogen) atoms. The summed E-state index contributed by atoms with van der Waals surface area (Å²) in [4.78, 5) is 27.9. The molecule has 3 heterocycles. The predicted octanol–water partition coefficient (Wildman–Crippen LogP) is 3.01. The van der Waals surface area contributed by atoms with E-state index < -0.39 is 23.8 Å². The number of halogens is 4. The van der Waals surface area contributed by atoms with Crippen molar-refractivity contribution in [3.05, 3.63) is 53.5 Å². The molecule has 9 nitrogen and oxygen atoms in total. The van der Waals surface area contributed by atoms with E-state index in [1.807, 2.05) is 0 Å². The van der Waals surface area contributed by atoms with E-state index in [2.05, 4.69) is 35.7 Å². The summed E-state index contributed by atoms with van der Waals surface area (Å²) in [5, 5.41) is 8.52. The first-order valence-electron chi connectivity index (χ1n) is 7.73. The molecule has 0 saturated carbocycles. The molecule has 0 aliphatic heterocycles. The zero-order valence-corrected chi connectivity index (χ0v) is 14.9. The number of pyridine rings is 1. The van der Waals surface area contributed by atoms with Gasteiger partial charge in [0.1, 0.15) is 6.33 Å². The maximum atomic E-state index is 12.6. The smallest absolute Gasteiger partial charge is 0.328 e. The highest BCUT2D eigenvalue weighted by Gasteiger charge is 2.31. The van der Waals surface area contributed by atoms with Crippen LogP contribution in [0.2, 0.25) is 5.02 Å². The van der Waals surface area contributed by atoms with Crippen LogP contribution in [0.4, 0.5) is 23.8 Å². The summed E-state index contributed by atoms with van der Waals surface area (Å²) in [5.74, 6) is 0.386. The Labute approximate surface area is 161 Å². The Kier molecular flexibility index (Phi) is 5.40. The lowest BCUT2D eigenvalue weighted by Crippen LogP contribution is -2.33. The van der Waals surface area contributed by atoms with Gasteiger partial charge in [-0.15, -0.1) is 0 Å². The van der Waals surface area contributed by atoms with E-state index in [1.54, 1.807) is 13.0 Å². The average molecular weight is 413 g/mol. The molecule has 146 valence electrons. The molecule has 3 aromatic heterocycles. The highest BCUT2D eigenvalue weighted by molar-refractivity contribution is 6.33. The summed E-state index contributed by atoms with van der Waals surface area (Å²) >= 11 is 5.77. The van der Waals surface area contributed by atoms with E-state index in [-0.39, 0.29) is 16.8 Å². The second-order valence-corrected chi connectivity index (χ2v) is 5.86. The van der Waals surface area contributed by atoms with Gasteiger partial charge in [0.15, 0.2) is 11.6 Å². The summed E-state index contributed by atoms with van der Waals surface area (Å²) in [6.07, 6.45) is 0.313. The number of carbonyl (C=O) groups excluding carboxylic acids is 1. The van der Waals surface area contributed by atoms with Gasteiger partial charge in [-0.25, -0.2) is 24.7 Å². The van der Waals surface area contributed by atoms with Gasteiger partial charge in [0.05, 0.1) is 16.6 Å². The fourth-order valence-corrected chi connectivity index (χ4v) is 2.40. The fourth-order valence-electron chi connectivity index (χ4n) is 2.19. The lowest BCUT2D eigenvalue weighted by atomic mass is 10.3. The van der Waals surface area contributed by atoms with Crippen molar-refractivity contribution in [2.45, 2.75) is 19.1 Å².